The van der Waals surface area contributed by atoms with E-state index in [4.69, 9.17) is 0 Å². The first-order valence-electron chi connectivity index (χ1n) is 9.73. The number of sulfonamides is 1. The van der Waals surface area contributed by atoms with Crippen LogP contribution in [0.3, 0.4) is 0 Å². The van der Waals surface area contributed by atoms with Gasteiger partial charge < -0.3 is 4.57 Å². The molecule has 0 saturated carbocycles. The van der Waals surface area contributed by atoms with Crippen molar-refractivity contribution in [3.8, 4) is 0 Å². The van der Waals surface area contributed by atoms with E-state index in [0.29, 0.717) is 24.2 Å². The fraction of sp³-hybridized carbons (Fsp3) is 0.333. The van der Waals surface area contributed by atoms with Gasteiger partial charge in [0.25, 0.3) is 5.91 Å². The Bertz CT molecular complexity index is 1200. The van der Waals surface area contributed by atoms with Crippen molar-refractivity contribution in [2.45, 2.75) is 31.2 Å². The Morgan fingerprint density at radius 1 is 1.14 bits per heavy atom. The molecular formula is C21H23N3O3S2. The molecule has 1 aliphatic heterocycles. The minimum Gasteiger partial charge on any atom is -0.317 e. The zero-order chi connectivity index (χ0) is 20.4. The molecule has 1 saturated heterocycles. The van der Waals surface area contributed by atoms with Crippen LogP contribution in [0.1, 0.15) is 19.8 Å². The molecule has 29 heavy (non-hydrogen) atoms. The van der Waals surface area contributed by atoms with Crippen molar-refractivity contribution in [2.24, 2.45) is 10.9 Å². The molecule has 0 radical (unpaired) electrons. The number of hydrogen-bond acceptors (Lipinski definition) is 4. The lowest BCUT2D eigenvalue weighted by Crippen LogP contribution is -2.42. The van der Waals surface area contributed by atoms with Crippen LogP contribution in [0, 0.1) is 5.92 Å². The first-order chi connectivity index (χ1) is 14.0. The molecule has 1 atom stereocenters. The summed E-state index contributed by atoms with van der Waals surface area (Å²) in [6.45, 7) is 3.35. The summed E-state index contributed by atoms with van der Waals surface area (Å²) in [5, 5.41) is 0. The number of aromatic nitrogens is 1. The summed E-state index contributed by atoms with van der Waals surface area (Å²) in [6.07, 6.45) is 1.30. The third-order valence-electron chi connectivity index (χ3n) is 5.22. The highest BCUT2D eigenvalue weighted by molar-refractivity contribution is 7.89. The molecule has 1 unspecified atom stereocenters. The molecule has 4 rings (SSSR count). The smallest absolute Gasteiger partial charge is 0.252 e. The lowest BCUT2D eigenvalue weighted by Gasteiger charge is -2.30. The van der Waals surface area contributed by atoms with E-state index in [1.165, 1.54) is 15.6 Å². The van der Waals surface area contributed by atoms with E-state index in [-0.39, 0.29) is 17.3 Å². The van der Waals surface area contributed by atoms with Gasteiger partial charge in [-0.2, -0.15) is 9.30 Å². The summed E-state index contributed by atoms with van der Waals surface area (Å²) in [5.41, 5.74) is 1.06. The van der Waals surface area contributed by atoms with Crippen LogP contribution in [0.15, 0.2) is 64.5 Å². The molecule has 0 aliphatic carbocycles. The van der Waals surface area contributed by atoms with Gasteiger partial charge in [-0.15, -0.1) is 0 Å². The number of fused-ring (bicyclic) bond motifs is 1. The van der Waals surface area contributed by atoms with E-state index < -0.39 is 15.9 Å². The van der Waals surface area contributed by atoms with Crippen molar-refractivity contribution in [1.29, 1.82) is 0 Å². The maximum absolute atomic E-state index is 12.9. The van der Waals surface area contributed by atoms with Crippen LogP contribution in [-0.2, 0) is 21.4 Å². The summed E-state index contributed by atoms with van der Waals surface area (Å²) in [4.78, 5) is 18.3. The second-order valence-corrected chi connectivity index (χ2v) is 10.0. The van der Waals surface area contributed by atoms with Gasteiger partial charge in [0.05, 0.1) is 21.0 Å². The van der Waals surface area contributed by atoms with Crippen molar-refractivity contribution in [2.75, 3.05) is 13.1 Å². The molecule has 1 aromatic heterocycles. The van der Waals surface area contributed by atoms with Gasteiger partial charge in [0.15, 0.2) is 4.80 Å². The fourth-order valence-corrected chi connectivity index (χ4v) is 6.35. The number of amides is 1. The van der Waals surface area contributed by atoms with Crippen molar-refractivity contribution >= 4 is 37.5 Å². The quantitative estimate of drug-likeness (QED) is 0.639. The summed E-state index contributed by atoms with van der Waals surface area (Å²) in [5.74, 6) is -0.663. The van der Waals surface area contributed by atoms with Gasteiger partial charge in [0, 0.05) is 19.6 Å². The molecule has 1 aliphatic rings. The molecule has 8 heteroatoms. The Hall–Kier alpha value is -2.29. The molecule has 2 heterocycles. The van der Waals surface area contributed by atoms with Gasteiger partial charge >= 0.3 is 0 Å². The summed E-state index contributed by atoms with van der Waals surface area (Å²) < 4.78 is 30.4. The largest absolute Gasteiger partial charge is 0.317 e. The molecular weight excluding hydrogens is 406 g/mol. The topological polar surface area (TPSA) is 71.7 Å². The highest BCUT2D eigenvalue weighted by atomic mass is 32.2. The lowest BCUT2D eigenvalue weighted by atomic mass is 9.99. The van der Waals surface area contributed by atoms with Crippen LogP contribution in [0.2, 0.25) is 0 Å². The number of aryl methyl sites for hydroxylation is 1. The first-order valence-corrected chi connectivity index (χ1v) is 12.0. The fourth-order valence-electron chi connectivity index (χ4n) is 3.70. The molecule has 1 amide bonds. The predicted molar refractivity (Wildman–Crippen MR) is 114 cm³/mol. The van der Waals surface area contributed by atoms with Crippen LogP contribution in [0.25, 0.3) is 10.2 Å². The van der Waals surface area contributed by atoms with Crippen molar-refractivity contribution < 1.29 is 13.2 Å². The maximum Gasteiger partial charge on any atom is 0.252 e. The van der Waals surface area contributed by atoms with Gasteiger partial charge in [0.1, 0.15) is 0 Å². The second-order valence-electron chi connectivity index (χ2n) is 7.06. The Morgan fingerprint density at radius 3 is 2.62 bits per heavy atom. The number of benzene rings is 2. The van der Waals surface area contributed by atoms with E-state index in [1.54, 1.807) is 30.3 Å². The Kier molecular flexibility index (Phi) is 5.67. The van der Waals surface area contributed by atoms with Crippen LogP contribution in [0.4, 0.5) is 0 Å². The molecule has 0 spiro atoms. The van der Waals surface area contributed by atoms with E-state index in [2.05, 4.69) is 4.99 Å². The number of carbonyl (C=O) groups excluding carboxylic acids is 1. The molecule has 0 N–H and O–H groups in total. The lowest BCUT2D eigenvalue weighted by molar-refractivity contribution is -0.122. The molecule has 6 nitrogen and oxygen atoms in total. The van der Waals surface area contributed by atoms with Gasteiger partial charge in [-0.3, -0.25) is 4.79 Å². The Morgan fingerprint density at radius 2 is 1.86 bits per heavy atom. The van der Waals surface area contributed by atoms with E-state index in [9.17, 15) is 13.2 Å². The number of carbonyl (C=O) groups is 1. The molecule has 2 aromatic carbocycles. The van der Waals surface area contributed by atoms with Gasteiger partial charge in [0.2, 0.25) is 10.0 Å². The number of para-hydroxylation sites is 1. The standard InChI is InChI=1S/C21H23N3O3S2/c1-2-24-18-12-6-7-13-19(18)28-21(24)22-20(25)16-9-8-14-23(15-16)29(26,27)17-10-4-3-5-11-17/h3-7,10-13,16H,2,8-9,14-15H2,1H3. The second kappa shape index (κ2) is 8.22. The molecule has 152 valence electrons. The molecule has 0 bridgehead atoms. The van der Waals surface area contributed by atoms with Gasteiger partial charge in [-0.05, 0) is 44.0 Å². The number of piperidine rings is 1. The highest BCUT2D eigenvalue weighted by Gasteiger charge is 2.33. The average molecular weight is 430 g/mol. The van der Waals surface area contributed by atoms with Crippen molar-refractivity contribution in [3.63, 3.8) is 0 Å². The number of hydrogen-bond donors (Lipinski definition) is 0. The van der Waals surface area contributed by atoms with Crippen LogP contribution < -0.4 is 4.80 Å². The van der Waals surface area contributed by atoms with Gasteiger partial charge in [-0.25, -0.2) is 8.42 Å². The number of thiazole rings is 1. The SMILES string of the molecule is CCn1c(=NC(=O)C2CCCN(S(=O)(=O)c3ccccc3)C2)sc2ccccc21. The van der Waals surface area contributed by atoms with Crippen LogP contribution in [-0.4, -0.2) is 36.3 Å². The van der Waals surface area contributed by atoms with Crippen LogP contribution in [0.5, 0.6) is 0 Å². The molecule has 3 aromatic rings. The zero-order valence-electron chi connectivity index (χ0n) is 16.2. The molecule has 1 fully saturated rings. The summed E-state index contributed by atoms with van der Waals surface area (Å²) in [7, 11) is -3.60. The monoisotopic (exact) mass is 429 g/mol. The minimum atomic E-state index is -3.60. The Labute approximate surface area is 174 Å². The third-order valence-corrected chi connectivity index (χ3v) is 8.16. The highest BCUT2D eigenvalue weighted by Crippen LogP contribution is 2.24. The van der Waals surface area contributed by atoms with E-state index in [1.807, 2.05) is 35.8 Å². The van der Waals surface area contributed by atoms with Gasteiger partial charge in [-0.1, -0.05) is 41.7 Å². The van der Waals surface area contributed by atoms with E-state index >= 15 is 0 Å². The Balaban J connectivity index is 1.61. The summed E-state index contributed by atoms with van der Waals surface area (Å²) in [6, 6.07) is 16.4. The predicted octanol–water partition coefficient (Wildman–Crippen LogP) is 3.25. The minimum absolute atomic E-state index is 0.177. The number of rotatable bonds is 4. The van der Waals surface area contributed by atoms with Crippen molar-refractivity contribution in [3.05, 3.63) is 59.4 Å². The van der Waals surface area contributed by atoms with Crippen molar-refractivity contribution in [1.82, 2.24) is 8.87 Å². The third kappa shape index (κ3) is 3.92. The normalized spacial score (nSPS) is 18.9. The average Bonchev–Trinajstić information content (AvgIpc) is 3.11. The first kappa shape index (κ1) is 20.0. The zero-order valence-corrected chi connectivity index (χ0v) is 17.8. The summed E-state index contributed by atoms with van der Waals surface area (Å²) >= 11 is 1.49. The van der Waals surface area contributed by atoms with Crippen LogP contribution >= 0.6 is 11.3 Å². The van der Waals surface area contributed by atoms with E-state index in [0.717, 1.165) is 16.8 Å². The maximum atomic E-state index is 12.9. The number of nitrogens with zero attached hydrogens (tertiary/aromatic N) is 3.